The molecule has 1 saturated carbocycles. The number of nitro groups is 1. The molecule has 7 nitrogen and oxygen atoms in total. The third-order valence-corrected chi connectivity index (χ3v) is 5.15. The molecule has 2 aliphatic rings. The average molecular weight is 367 g/mol. The molecule has 7 heteroatoms. The van der Waals surface area contributed by atoms with Gasteiger partial charge < -0.3 is 15.4 Å². The van der Waals surface area contributed by atoms with Crippen LogP contribution in [0.25, 0.3) is 0 Å². The summed E-state index contributed by atoms with van der Waals surface area (Å²) in [6.45, 7) is 0. The van der Waals surface area contributed by atoms with E-state index in [-0.39, 0.29) is 23.7 Å². The SMILES string of the molecule is COc1cccc2c1CCC2Nc1ccc(C(=O)NC2CC2)cc1[N+](=O)[O-]. The molecule has 2 aromatic carbocycles. The number of carbonyl (C=O) groups is 1. The summed E-state index contributed by atoms with van der Waals surface area (Å²) in [4.78, 5) is 23.3. The van der Waals surface area contributed by atoms with Gasteiger partial charge in [-0.3, -0.25) is 14.9 Å². The van der Waals surface area contributed by atoms with Crippen LogP contribution in [0.5, 0.6) is 5.75 Å². The van der Waals surface area contributed by atoms with Gasteiger partial charge in [0.25, 0.3) is 11.6 Å². The first-order valence-electron chi connectivity index (χ1n) is 9.08. The lowest BCUT2D eigenvalue weighted by Crippen LogP contribution is -2.25. The molecule has 2 aliphatic carbocycles. The molecule has 1 atom stereocenters. The van der Waals surface area contributed by atoms with Crippen LogP contribution in [0, 0.1) is 10.1 Å². The Kier molecular flexibility index (Phi) is 4.43. The van der Waals surface area contributed by atoms with Crippen molar-refractivity contribution >= 4 is 17.3 Å². The van der Waals surface area contributed by atoms with Crippen molar-refractivity contribution in [2.24, 2.45) is 0 Å². The Morgan fingerprint density at radius 2 is 2.04 bits per heavy atom. The number of fused-ring (bicyclic) bond motifs is 1. The number of nitrogens with zero attached hydrogens (tertiary/aromatic N) is 1. The number of nitro benzene ring substituents is 1. The Hall–Kier alpha value is -3.09. The fraction of sp³-hybridized carbons (Fsp3) is 0.350. The first-order chi connectivity index (χ1) is 13.1. The average Bonchev–Trinajstić information content (AvgIpc) is 3.39. The summed E-state index contributed by atoms with van der Waals surface area (Å²) in [5.74, 6) is 0.585. The topological polar surface area (TPSA) is 93.5 Å². The number of methoxy groups -OCH3 is 1. The van der Waals surface area contributed by atoms with Gasteiger partial charge >= 0.3 is 0 Å². The van der Waals surface area contributed by atoms with Crippen LogP contribution in [-0.2, 0) is 6.42 Å². The van der Waals surface area contributed by atoms with Crippen molar-refractivity contribution in [3.63, 3.8) is 0 Å². The van der Waals surface area contributed by atoms with Crippen LogP contribution in [0.2, 0.25) is 0 Å². The van der Waals surface area contributed by atoms with Crippen molar-refractivity contribution in [1.29, 1.82) is 0 Å². The van der Waals surface area contributed by atoms with Crippen molar-refractivity contribution in [3.05, 3.63) is 63.2 Å². The second-order valence-electron chi connectivity index (χ2n) is 7.00. The van der Waals surface area contributed by atoms with E-state index in [0.29, 0.717) is 11.3 Å². The highest BCUT2D eigenvalue weighted by molar-refractivity contribution is 5.96. The molecular weight excluding hydrogens is 346 g/mol. The summed E-state index contributed by atoms with van der Waals surface area (Å²) in [5, 5.41) is 17.7. The summed E-state index contributed by atoms with van der Waals surface area (Å²) in [6.07, 6.45) is 3.62. The van der Waals surface area contributed by atoms with Crippen LogP contribution in [0.15, 0.2) is 36.4 Å². The molecule has 2 N–H and O–H groups in total. The lowest BCUT2D eigenvalue weighted by Gasteiger charge is -2.16. The number of ether oxygens (including phenoxy) is 1. The fourth-order valence-corrected chi connectivity index (χ4v) is 3.59. The van der Waals surface area contributed by atoms with E-state index in [1.807, 2.05) is 18.2 Å². The third kappa shape index (κ3) is 3.45. The zero-order valence-electron chi connectivity index (χ0n) is 15.0. The Labute approximate surface area is 156 Å². The molecule has 0 saturated heterocycles. The van der Waals surface area contributed by atoms with Crippen molar-refractivity contribution in [1.82, 2.24) is 5.32 Å². The molecule has 0 aromatic heterocycles. The van der Waals surface area contributed by atoms with Crippen molar-refractivity contribution in [2.75, 3.05) is 12.4 Å². The molecule has 0 spiro atoms. The number of benzene rings is 2. The molecule has 1 unspecified atom stereocenters. The molecule has 0 radical (unpaired) electrons. The first kappa shape index (κ1) is 17.3. The predicted octanol–water partition coefficient (Wildman–Crippen LogP) is 3.60. The van der Waals surface area contributed by atoms with Crippen LogP contribution in [0.1, 0.15) is 46.8 Å². The van der Waals surface area contributed by atoms with E-state index in [2.05, 4.69) is 10.6 Å². The molecule has 1 amide bonds. The molecule has 140 valence electrons. The largest absolute Gasteiger partial charge is 0.496 e. The van der Waals surface area contributed by atoms with Gasteiger partial charge in [0, 0.05) is 17.7 Å². The number of hydrogen-bond acceptors (Lipinski definition) is 5. The number of hydrogen-bond donors (Lipinski definition) is 2. The molecule has 0 aliphatic heterocycles. The summed E-state index contributed by atoms with van der Waals surface area (Å²) in [5.41, 5.74) is 2.88. The minimum Gasteiger partial charge on any atom is -0.496 e. The van der Waals surface area contributed by atoms with Gasteiger partial charge in [-0.05, 0) is 55.0 Å². The van der Waals surface area contributed by atoms with Gasteiger partial charge in [0.1, 0.15) is 11.4 Å². The van der Waals surface area contributed by atoms with E-state index in [1.54, 1.807) is 19.2 Å². The van der Waals surface area contributed by atoms with Gasteiger partial charge in [0.15, 0.2) is 0 Å². The maximum absolute atomic E-state index is 12.2. The Morgan fingerprint density at radius 3 is 2.74 bits per heavy atom. The molecule has 0 heterocycles. The van der Waals surface area contributed by atoms with E-state index in [4.69, 9.17) is 4.74 Å². The van der Waals surface area contributed by atoms with E-state index < -0.39 is 4.92 Å². The number of rotatable bonds is 6. The normalized spacial score (nSPS) is 17.9. The summed E-state index contributed by atoms with van der Waals surface area (Å²) >= 11 is 0. The van der Waals surface area contributed by atoms with Gasteiger partial charge in [-0.15, -0.1) is 0 Å². The van der Waals surface area contributed by atoms with E-state index in [0.717, 1.165) is 42.6 Å². The summed E-state index contributed by atoms with van der Waals surface area (Å²) < 4.78 is 5.42. The van der Waals surface area contributed by atoms with Crippen LogP contribution in [0.4, 0.5) is 11.4 Å². The van der Waals surface area contributed by atoms with Crippen LogP contribution in [0.3, 0.4) is 0 Å². The minimum atomic E-state index is -0.447. The predicted molar refractivity (Wildman–Crippen MR) is 101 cm³/mol. The lowest BCUT2D eigenvalue weighted by atomic mass is 10.1. The summed E-state index contributed by atoms with van der Waals surface area (Å²) in [7, 11) is 1.65. The van der Waals surface area contributed by atoms with Gasteiger partial charge in [0.2, 0.25) is 0 Å². The van der Waals surface area contributed by atoms with E-state index in [9.17, 15) is 14.9 Å². The molecule has 0 bridgehead atoms. The van der Waals surface area contributed by atoms with Crippen LogP contribution < -0.4 is 15.4 Å². The molecule has 27 heavy (non-hydrogen) atoms. The molecular formula is C20H21N3O4. The van der Waals surface area contributed by atoms with Gasteiger partial charge in [-0.2, -0.15) is 0 Å². The van der Waals surface area contributed by atoms with Crippen LogP contribution >= 0.6 is 0 Å². The highest BCUT2D eigenvalue weighted by Gasteiger charge is 2.28. The number of anilines is 1. The fourth-order valence-electron chi connectivity index (χ4n) is 3.59. The second kappa shape index (κ2) is 6.90. The minimum absolute atomic E-state index is 0.0278. The van der Waals surface area contributed by atoms with E-state index >= 15 is 0 Å². The Morgan fingerprint density at radius 1 is 1.22 bits per heavy atom. The van der Waals surface area contributed by atoms with Crippen molar-refractivity contribution < 1.29 is 14.5 Å². The smallest absolute Gasteiger partial charge is 0.293 e. The van der Waals surface area contributed by atoms with Crippen molar-refractivity contribution in [3.8, 4) is 5.75 Å². The second-order valence-corrected chi connectivity index (χ2v) is 7.00. The number of amides is 1. The van der Waals surface area contributed by atoms with Crippen LogP contribution in [-0.4, -0.2) is 24.0 Å². The lowest BCUT2D eigenvalue weighted by molar-refractivity contribution is -0.384. The highest BCUT2D eigenvalue weighted by Crippen LogP contribution is 2.40. The highest BCUT2D eigenvalue weighted by atomic mass is 16.6. The van der Waals surface area contributed by atoms with Gasteiger partial charge in [0.05, 0.1) is 18.1 Å². The Balaban J connectivity index is 1.59. The number of carbonyl (C=O) groups excluding carboxylic acids is 1. The molecule has 4 rings (SSSR count). The molecule has 1 fully saturated rings. The third-order valence-electron chi connectivity index (χ3n) is 5.15. The zero-order valence-corrected chi connectivity index (χ0v) is 15.0. The molecule has 2 aromatic rings. The zero-order chi connectivity index (χ0) is 19.0. The van der Waals surface area contributed by atoms with Gasteiger partial charge in [-0.1, -0.05) is 12.1 Å². The quantitative estimate of drug-likeness (QED) is 0.601. The van der Waals surface area contributed by atoms with Gasteiger partial charge in [-0.25, -0.2) is 0 Å². The van der Waals surface area contributed by atoms with Crippen molar-refractivity contribution in [2.45, 2.75) is 37.8 Å². The number of nitrogens with one attached hydrogen (secondary N) is 2. The Bertz CT molecular complexity index is 908. The monoisotopic (exact) mass is 367 g/mol. The van der Waals surface area contributed by atoms with E-state index in [1.165, 1.54) is 6.07 Å². The first-order valence-corrected chi connectivity index (χ1v) is 9.08. The standard InChI is InChI=1S/C20H21N3O4/c1-27-19-4-2-3-14-15(19)8-10-16(14)22-17-9-5-12(11-18(17)23(25)26)20(24)21-13-6-7-13/h2-5,9,11,13,16,22H,6-8,10H2,1H3,(H,21,24). The maximum atomic E-state index is 12.2. The summed E-state index contributed by atoms with van der Waals surface area (Å²) in [6, 6.07) is 10.7. The maximum Gasteiger partial charge on any atom is 0.293 e.